The van der Waals surface area contributed by atoms with Gasteiger partial charge >= 0.3 is 0 Å². The molecule has 24 heavy (non-hydrogen) atoms. The summed E-state index contributed by atoms with van der Waals surface area (Å²) in [5.74, 6) is 1.62. The van der Waals surface area contributed by atoms with E-state index in [9.17, 15) is 0 Å². The summed E-state index contributed by atoms with van der Waals surface area (Å²) in [4.78, 5) is 0. The largest absolute Gasteiger partial charge is 0.494 e. The first-order valence-electron chi connectivity index (χ1n) is 8.23. The van der Waals surface area contributed by atoms with E-state index < -0.39 is 0 Å². The molecule has 128 valence electrons. The SMILES string of the molecule is CCOc1ccc(OC(c2ccc(Cl)cc2)C2CNCCO2)cc1. The van der Waals surface area contributed by atoms with Crippen molar-refractivity contribution in [3.63, 3.8) is 0 Å². The van der Waals surface area contributed by atoms with Crippen LogP contribution in [-0.4, -0.2) is 32.4 Å². The lowest BCUT2D eigenvalue weighted by Gasteiger charge is -2.31. The third-order valence-electron chi connectivity index (χ3n) is 3.89. The second-order valence-electron chi connectivity index (χ2n) is 5.61. The topological polar surface area (TPSA) is 39.7 Å². The Labute approximate surface area is 147 Å². The molecular weight excluding hydrogens is 326 g/mol. The zero-order chi connectivity index (χ0) is 16.8. The van der Waals surface area contributed by atoms with Crippen LogP contribution in [0, 0.1) is 0 Å². The first kappa shape index (κ1) is 17.1. The highest BCUT2D eigenvalue weighted by atomic mass is 35.5. The summed E-state index contributed by atoms with van der Waals surface area (Å²) in [7, 11) is 0. The first-order valence-corrected chi connectivity index (χ1v) is 8.61. The third kappa shape index (κ3) is 4.41. The fourth-order valence-electron chi connectivity index (χ4n) is 2.72. The van der Waals surface area contributed by atoms with Crippen molar-refractivity contribution < 1.29 is 14.2 Å². The molecule has 1 aliphatic heterocycles. The van der Waals surface area contributed by atoms with Crippen LogP contribution in [0.2, 0.25) is 5.02 Å². The highest BCUT2D eigenvalue weighted by Gasteiger charge is 2.28. The Morgan fingerprint density at radius 3 is 2.46 bits per heavy atom. The van der Waals surface area contributed by atoms with Crippen molar-refractivity contribution in [1.82, 2.24) is 5.32 Å². The number of hydrogen-bond acceptors (Lipinski definition) is 4. The molecule has 5 heteroatoms. The van der Waals surface area contributed by atoms with Crippen molar-refractivity contribution in [1.29, 1.82) is 0 Å². The van der Waals surface area contributed by atoms with Gasteiger partial charge in [-0.25, -0.2) is 0 Å². The molecule has 2 unspecified atom stereocenters. The highest BCUT2D eigenvalue weighted by molar-refractivity contribution is 6.30. The molecule has 2 aromatic carbocycles. The standard InChI is InChI=1S/C19H22ClNO3/c1-2-22-16-7-9-17(10-8-16)24-19(18-13-21-11-12-23-18)14-3-5-15(20)6-4-14/h3-10,18-19,21H,2,11-13H2,1H3. The van der Waals surface area contributed by atoms with Crippen LogP contribution < -0.4 is 14.8 Å². The predicted octanol–water partition coefficient (Wildman–Crippen LogP) is 3.85. The number of nitrogens with one attached hydrogen (secondary N) is 1. The van der Waals surface area contributed by atoms with Crippen LogP contribution in [0.1, 0.15) is 18.6 Å². The summed E-state index contributed by atoms with van der Waals surface area (Å²) in [6.07, 6.45) is -0.250. The number of benzene rings is 2. The fraction of sp³-hybridized carbons (Fsp3) is 0.368. The molecule has 0 aromatic heterocycles. The summed E-state index contributed by atoms with van der Waals surface area (Å²) < 4.78 is 17.6. The number of morpholine rings is 1. The van der Waals surface area contributed by atoms with E-state index in [-0.39, 0.29) is 12.2 Å². The van der Waals surface area contributed by atoms with Gasteiger partial charge in [-0.1, -0.05) is 23.7 Å². The Kier molecular flexibility index (Phi) is 5.96. The van der Waals surface area contributed by atoms with Gasteiger partial charge in [-0.3, -0.25) is 0 Å². The normalized spacial score (nSPS) is 18.8. The van der Waals surface area contributed by atoms with Gasteiger partial charge in [0.25, 0.3) is 0 Å². The molecule has 1 heterocycles. The lowest BCUT2D eigenvalue weighted by molar-refractivity contribution is -0.0432. The summed E-state index contributed by atoms with van der Waals surface area (Å²) >= 11 is 6.01. The van der Waals surface area contributed by atoms with Crippen molar-refractivity contribution in [3.05, 3.63) is 59.1 Å². The van der Waals surface area contributed by atoms with E-state index >= 15 is 0 Å². The molecule has 0 bridgehead atoms. The van der Waals surface area contributed by atoms with Crippen molar-refractivity contribution in [2.45, 2.75) is 19.1 Å². The minimum Gasteiger partial charge on any atom is -0.494 e. The van der Waals surface area contributed by atoms with Crippen molar-refractivity contribution >= 4 is 11.6 Å². The van der Waals surface area contributed by atoms with Gasteiger partial charge < -0.3 is 19.5 Å². The predicted molar refractivity (Wildman–Crippen MR) is 95.0 cm³/mol. The van der Waals surface area contributed by atoms with Crippen molar-refractivity contribution in [2.24, 2.45) is 0 Å². The monoisotopic (exact) mass is 347 g/mol. The zero-order valence-corrected chi connectivity index (χ0v) is 14.5. The van der Waals surface area contributed by atoms with Crippen molar-refractivity contribution in [3.8, 4) is 11.5 Å². The molecule has 0 radical (unpaired) electrons. The van der Waals surface area contributed by atoms with Gasteiger partial charge in [0.15, 0.2) is 6.10 Å². The molecule has 3 rings (SSSR count). The molecule has 4 nitrogen and oxygen atoms in total. The molecule has 0 aliphatic carbocycles. The maximum absolute atomic E-state index is 6.25. The Hall–Kier alpha value is -1.75. The zero-order valence-electron chi connectivity index (χ0n) is 13.7. The van der Waals surface area contributed by atoms with Crippen LogP contribution in [0.4, 0.5) is 0 Å². The van der Waals surface area contributed by atoms with Gasteiger partial charge in [0.05, 0.1) is 13.2 Å². The Bertz CT molecular complexity index is 624. The highest BCUT2D eigenvalue weighted by Crippen LogP contribution is 2.29. The lowest BCUT2D eigenvalue weighted by atomic mass is 10.0. The molecule has 0 spiro atoms. The molecule has 0 amide bonds. The number of ether oxygens (including phenoxy) is 3. The molecule has 2 atom stereocenters. The third-order valence-corrected chi connectivity index (χ3v) is 4.14. The van der Waals surface area contributed by atoms with E-state index in [1.54, 1.807) is 0 Å². The maximum Gasteiger partial charge on any atom is 0.151 e. The van der Waals surface area contributed by atoms with E-state index in [0.717, 1.165) is 30.2 Å². The van der Waals surface area contributed by atoms with Gasteiger partial charge in [0.2, 0.25) is 0 Å². The van der Waals surface area contributed by atoms with Gasteiger partial charge in [-0.05, 0) is 48.9 Å². The van der Waals surface area contributed by atoms with Crippen LogP contribution in [0.15, 0.2) is 48.5 Å². The van der Waals surface area contributed by atoms with E-state index in [4.69, 9.17) is 25.8 Å². The lowest BCUT2D eigenvalue weighted by Crippen LogP contribution is -2.43. The van der Waals surface area contributed by atoms with Crippen LogP contribution in [0.5, 0.6) is 11.5 Å². The smallest absolute Gasteiger partial charge is 0.151 e. The minimum absolute atomic E-state index is 0.0495. The fourth-order valence-corrected chi connectivity index (χ4v) is 2.84. The summed E-state index contributed by atoms with van der Waals surface area (Å²) in [6, 6.07) is 15.4. The Morgan fingerprint density at radius 1 is 1.12 bits per heavy atom. The van der Waals surface area contributed by atoms with E-state index in [0.29, 0.717) is 18.2 Å². The maximum atomic E-state index is 6.25. The Morgan fingerprint density at radius 2 is 1.83 bits per heavy atom. The second kappa shape index (κ2) is 8.38. The molecule has 1 N–H and O–H groups in total. The van der Waals surface area contributed by atoms with Crippen LogP contribution in [0.3, 0.4) is 0 Å². The van der Waals surface area contributed by atoms with Gasteiger partial charge in [0, 0.05) is 18.1 Å². The Balaban J connectivity index is 1.79. The second-order valence-corrected chi connectivity index (χ2v) is 6.04. The first-order chi connectivity index (χ1) is 11.8. The van der Waals surface area contributed by atoms with Crippen molar-refractivity contribution in [2.75, 3.05) is 26.3 Å². The molecule has 1 aliphatic rings. The van der Waals surface area contributed by atoms with E-state index in [2.05, 4.69) is 5.32 Å². The van der Waals surface area contributed by atoms with Crippen LogP contribution >= 0.6 is 11.6 Å². The van der Waals surface area contributed by atoms with Crippen LogP contribution in [-0.2, 0) is 4.74 Å². The minimum atomic E-state index is -0.201. The molecule has 1 saturated heterocycles. The summed E-state index contributed by atoms with van der Waals surface area (Å²) in [5, 5.41) is 4.07. The number of halogens is 1. The van der Waals surface area contributed by atoms with Gasteiger partial charge in [-0.15, -0.1) is 0 Å². The number of hydrogen-bond donors (Lipinski definition) is 1. The molecule has 1 fully saturated rings. The molecule has 0 saturated carbocycles. The van der Waals surface area contributed by atoms with Gasteiger partial charge in [-0.2, -0.15) is 0 Å². The van der Waals surface area contributed by atoms with Gasteiger partial charge in [0.1, 0.15) is 17.6 Å². The number of rotatable bonds is 6. The summed E-state index contributed by atoms with van der Waals surface area (Å²) in [5.41, 5.74) is 1.04. The molecule has 2 aromatic rings. The summed E-state index contributed by atoms with van der Waals surface area (Å²) in [6.45, 7) is 4.92. The quantitative estimate of drug-likeness (QED) is 0.861. The van der Waals surface area contributed by atoms with E-state index in [1.165, 1.54) is 0 Å². The molecular formula is C19H22ClNO3. The van der Waals surface area contributed by atoms with Crippen LogP contribution in [0.25, 0.3) is 0 Å². The average Bonchev–Trinajstić information content (AvgIpc) is 2.63. The average molecular weight is 348 g/mol. The van der Waals surface area contributed by atoms with E-state index in [1.807, 2.05) is 55.5 Å².